The van der Waals surface area contributed by atoms with Crippen molar-refractivity contribution in [1.82, 2.24) is 0 Å². The SMILES string of the molecule is NC(N)=NC(=O)c1ccc2c(c1)C(O)c1ccsc1-2. The summed E-state index contributed by atoms with van der Waals surface area (Å²) in [5, 5.41) is 12.2. The molecular weight excluding hydrogens is 262 g/mol. The van der Waals surface area contributed by atoms with Gasteiger partial charge in [-0.2, -0.15) is 4.99 Å². The molecule has 1 amide bonds. The average Bonchev–Trinajstić information content (AvgIpc) is 2.93. The van der Waals surface area contributed by atoms with Crippen molar-refractivity contribution in [3.05, 3.63) is 46.3 Å². The van der Waals surface area contributed by atoms with Gasteiger partial charge in [0.1, 0.15) is 6.10 Å². The highest BCUT2D eigenvalue weighted by Crippen LogP contribution is 2.46. The van der Waals surface area contributed by atoms with Gasteiger partial charge < -0.3 is 16.6 Å². The van der Waals surface area contributed by atoms with Gasteiger partial charge in [0.15, 0.2) is 5.96 Å². The minimum absolute atomic E-state index is 0.273. The first-order valence-electron chi connectivity index (χ1n) is 5.61. The summed E-state index contributed by atoms with van der Waals surface area (Å²) in [6, 6.07) is 7.01. The topological polar surface area (TPSA) is 102 Å². The first kappa shape index (κ1) is 11.9. The number of rotatable bonds is 1. The lowest BCUT2D eigenvalue weighted by Gasteiger charge is -2.06. The molecule has 1 atom stereocenters. The summed E-state index contributed by atoms with van der Waals surface area (Å²) >= 11 is 1.57. The molecule has 96 valence electrons. The molecule has 1 heterocycles. The van der Waals surface area contributed by atoms with E-state index in [9.17, 15) is 9.90 Å². The minimum atomic E-state index is -0.691. The van der Waals surface area contributed by atoms with E-state index in [1.54, 1.807) is 23.5 Å². The molecule has 0 fully saturated rings. The third kappa shape index (κ3) is 1.81. The molecule has 0 saturated carbocycles. The number of carbonyl (C=O) groups is 1. The van der Waals surface area contributed by atoms with Crippen molar-refractivity contribution in [2.45, 2.75) is 6.10 Å². The molecule has 0 spiro atoms. The third-order valence-corrected chi connectivity index (χ3v) is 4.02. The first-order valence-corrected chi connectivity index (χ1v) is 6.49. The molecule has 1 aliphatic rings. The highest BCUT2D eigenvalue weighted by Gasteiger charge is 2.28. The normalized spacial score (nSPS) is 15.7. The fourth-order valence-electron chi connectivity index (χ4n) is 2.23. The van der Waals surface area contributed by atoms with E-state index in [-0.39, 0.29) is 5.96 Å². The van der Waals surface area contributed by atoms with E-state index in [2.05, 4.69) is 4.99 Å². The van der Waals surface area contributed by atoms with Crippen LogP contribution in [0.2, 0.25) is 0 Å². The van der Waals surface area contributed by atoms with Crippen LogP contribution in [0.1, 0.15) is 27.6 Å². The quantitative estimate of drug-likeness (QED) is 0.537. The second-order valence-electron chi connectivity index (χ2n) is 4.25. The Morgan fingerprint density at radius 2 is 2.05 bits per heavy atom. The molecule has 3 rings (SSSR count). The molecule has 6 heteroatoms. The van der Waals surface area contributed by atoms with Crippen LogP contribution in [0.4, 0.5) is 0 Å². The molecule has 1 unspecified atom stereocenters. The lowest BCUT2D eigenvalue weighted by atomic mass is 10.0. The number of nitrogens with zero attached hydrogens (tertiary/aromatic N) is 1. The van der Waals surface area contributed by atoms with Crippen LogP contribution >= 0.6 is 11.3 Å². The predicted octanol–water partition coefficient (Wildman–Crippen LogP) is 1.22. The Morgan fingerprint density at radius 3 is 2.79 bits per heavy atom. The summed E-state index contributed by atoms with van der Waals surface area (Å²) in [6.45, 7) is 0. The van der Waals surface area contributed by atoms with Gasteiger partial charge >= 0.3 is 0 Å². The van der Waals surface area contributed by atoms with Gasteiger partial charge in [-0.05, 0) is 34.7 Å². The molecule has 5 N–H and O–H groups in total. The van der Waals surface area contributed by atoms with E-state index in [0.717, 1.165) is 21.6 Å². The average molecular weight is 273 g/mol. The summed E-state index contributed by atoms with van der Waals surface area (Å²) in [4.78, 5) is 16.3. The molecule has 0 radical (unpaired) electrons. The number of hydrogen-bond donors (Lipinski definition) is 3. The molecule has 1 aliphatic carbocycles. The Morgan fingerprint density at radius 1 is 1.26 bits per heavy atom. The number of aliphatic hydroxyl groups excluding tert-OH is 1. The predicted molar refractivity (Wildman–Crippen MR) is 74.0 cm³/mol. The van der Waals surface area contributed by atoms with E-state index >= 15 is 0 Å². The number of aliphatic hydroxyl groups is 1. The molecule has 2 aromatic rings. The van der Waals surface area contributed by atoms with Crippen molar-refractivity contribution >= 4 is 23.2 Å². The van der Waals surface area contributed by atoms with Crippen LogP contribution in [0.3, 0.4) is 0 Å². The molecule has 1 aromatic heterocycles. The van der Waals surface area contributed by atoms with Crippen LogP contribution in [0.25, 0.3) is 10.4 Å². The fourth-order valence-corrected chi connectivity index (χ4v) is 3.21. The second kappa shape index (κ2) is 4.18. The Labute approximate surface area is 113 Å². The number of aliphatic imine (C=N–C) groups is 1. The summed E-state index contributed by atoms with van der Waals surface area (Å²) in [5.41, 5.74) is 13.3. The Hall–Kier alpha value is -2.18. The number of fused-ring (bicyclic) bond motifs is 3. The maximum atomic E-state index is 11.7. The number of carbonyl (C=O) groups excluding carboxylic acids is 1. The Balaban J connectivity index is 2.07. The van der Waals surface area contributed by atoms with Crippen LogP contribution in [0.5, 0.6) is 0 Å². The van der Waals surface area contributed by atoms with Crippen molar-refractivity contribution in [3.8, 4) is 10.4 Å². The molecule has 1 aromatic carbocycles. The van der Waals surface area contributed by atoms with E-state index in [1.165, 1.54) is 0 Å². The van der Waals surface area contributed by atoms with Crippen LogP contribution in [0.15, 0.2) is 34.6 Å². The van der Waals surface area contributed by atoms with Gasteiger partial charge in [-0.25, -0.2) is 0 Å². The van der Waals surface area contributed by atoms with Crippen LogP contribution in [-0.2, 0) is 0 Å². The Kier molecular flexibility index (Phi) is 2.62. The third-order valence-electron chi connectivity index (χ3n) is 3.06. The summed E-state index contributed by atoms with van der Waals surface area (Å²) in [5.74, 6) is -0.782. The van der Waals surface area contributed by atoms with Gasteiger partial charge in [0.2, 0.25) is 0 Å². The van der Waals surface area contributed by atoms with Gasteiger partial charge in [0, 0.05) is 16.0 Å². The van der Waals surface area contributed by atoms with Gasteiger partial charge in [0.25, 0.3) is 5.91 Å². The molecule has 5 nitrogen and oxygen atoms in total. The van der Waals surface area contributed by atoms with Gasteiger partial charge in [0.05, 0.1) is 0 Å². The number of nitrogens with two attached hydrogens (primary N) is 2. The number of benzene rings is 1. The zero-order valence-electron chi connectivity index (χ0n) is 9.83. The number of amides is 1. The van der Waals surface area contributed by atoms with Crippen molar-refractivity contribution in [3.63, 3.8) is 0 Å². The highest BCUT2D eigenvalue weighted by molar-refractivity contribution is 7.13. The van der Waals surface area contributed by atoms with Crippen molar-refractivity contribution in [1.29, 1.82) is 0 Å². The summed E-state index contributed by atoms with van der Waals surface area (Å²) < 4.78 is 0. The maximum Gasteiger partial charge on any atom is 0.280 e. The number of guanidine groups is 1. The van der Waals surface area contributed by atoms with Crippen molar-refractivity contribution in [2.75, 3.05) is 0 Å². The van der Waals surface area contributed by atoms with Crippen LogP contribution in [0, 0.1) is 0 Å². The standard InChI is InChI=1S/C13H11N3O2S/c14-13(15)16-12(18)6-1-2-7-9(5-6)10(17)8-3-4-19-11(7)8/h1-5,10,17H,(H4,14,15,16,18). The maximum absolute atomic E-state index is 11.7. The largest absolute Gasteiger partial charge is 0.384 e. The second-order valence-corrected chi connectivity index (χ2v) is 5.17. The van der Waals surface area contributed by atoms with Gasteiger partial charge in [-0.15, -0.1) is 11.3 Å². The zero-order chi connectivity index (χ0) is 13.6. The monoisotopic (exact) mass is 273 g/mol. The Bertz CT molecular complexity index is 702. The number of thiophene rings is 1. The van der Waals surface area contributed by atoms with E-state index in [4.69, 9.17) is 11.5 Å². The molecule has 19 heavy (non-hydrogen) atoms. The van der Waals surface area contributed by atoms with E-state index < -0.39 is 12.0 Å². The first-order chi connectivity index (χ1) is 9.08. The number of hydrogen-bond acceptors (Lipinski definition) is 3. The molecule has 0 saturated heterocycles. The van der Waals surface area contributed by atoms with E-state index in [0.29, 0.717) is 5.56 Å². The van der Waals surface area contributed by atoms with Crippen molar-refractivity contribution in [2.24, 2.45) is 16.5 Å². The highest BCUT2D eigenvalue weighted by atomic mass is 32.1. The van der Waals surface area contributed by atoms with Crippen molar-refractivity contribution < 1.29 is 9.90 Å². The fraction of sp³-hybridized carbons (Fsp3) is 0.0769. The smallest absolute Gasteiger partial charge is 0.280 e. The zero-order valence-corrected chi connectivity index (χ0v) is 10.6. The lowest BCUT2D eigenvalue weighted by molar-refractivity contribution is 0.100. The lowest BCUT2D eigenvalue weighted by Crippen LogP contribution is -2.24. The molecular formula is C13H11N3O2S. The van der Waals surface area contributed by atoms with Gasteiger partial charge in [-0.3, -0.25) is 4.79 Å². The minimum Gasteiger partial charge on any atom is -0.384 e. The molecule has 0 aliphatic heterocycles. The molecule has 0 bridgehead atoms. The van der Waals surface area contributed by atoms with Gasteiger partial charge in [-0.1, -0.05) is 6.07 Å². The summed E-state index contributed by atoms with van der Waals surface area (Å²) in [7, 11) is 0. The summed E-state index contributed by atoms with van der Waals surface area (Å²) in [6.07, 6.45) is -0.691. The van der Waals surface area contributed by atoms with Crippen LogP contribution in [-0.4, -0.2) is 17.0 Å². The van der Waals surface area contributed by atoms with Crippen LogP contribution < -0.4 is 11.5 Å². The van der Waals surface area contributed by atoms with E-state index in [1.807, 2.05) is 17.5 Å².